The molecule has 3 N–H and O–H groups in total. The molecule has 4 nitrogen and oxygen atoms in total. The van der Waals surface area contributed by atoms with Gasteiger partial charge in [-0.1, -0.05) is 13.8 Å². The topological polar surface area (TPSA) is 63.8 Å². The average molecular weight is 234 g/mol. The fourth-order valence-corrected chi connectivity index (χ4v) is 2.02. The summed E-state index contributed by atoms with van der Waals surface area (Å²) in [5, 5.41) is 3.45. The van der Waals surface area contributed by atoms with Crippen LogP contribution in [0.4, 0.5) is 11.6 Å². The minimum atomic E-state index is 0.512. The Labute approximate surface area is 103 Å². The predicted molar refractivity (Wildman–Crippen MR) is 71.0 cm³/mol. The average Bonchev–Trinajstić information content (AvgIpc) is 3.11. The Morgan fingerprint density at radius 3 is 2.53 bits per heavy atom. The number of aromatic nitrogens is 2. The van der Waals surface area contributed by atoms with Crippen molar-refractivity contribution in [3.8, 4) is 0 Å². The van der Waals surface area contributed by atoms with E-state index < -0.39 is 0 Å². The maximum absolute atomic E-state index is 5.89. The second kappa shape index (κ2) is 4.51. The first-order valence-corrected chi connectivity index (χ1v) is 6.47. The number of anilines is 2. The van der Waals surface area contributed by atoms with Crippen molar-refractivity contribution in [2.75, 3.05) is 17.6 Å². The molecule has 1 saturated carbocycles. The maximum atomic E-state index is 5.89. The van der Waals surface area contributed by atoms with Crippen LogP contribution in [-0.4, -0.2) is 16.5 Å². The molecule has 0 spiro atoms. The highest BCUT2D eigenvalue weighted by atomic mass is 15.1. The van der Waals surface area contributed by atoms with Gasteiger partial charge >= 0.3 is 0 Å². The molecule has 1 aliphatic rings. The fourth-order valence-electron chi connectivity index (χ4n) is 2.02. The lowest BCUT2D eigenvalue weighted by molar-refractivity contribution is 0.520. The Morgan fingerprint density at radius 1 is 1.29 bits per heavy atom. The van der Waals surface area contributed by atoms with Crippen LogP contribution < -0.4 is 11.1 Å². The van der Waals surface area contributed by atoms with Gasteiger partial charge in [-0.05, 0) is 31.6 Å². The summed E-state index contributed by atoms with van der Waals surface area (Å²) in [6, 6.07) is 0. The molecule has 0 aromatic carbocycles. The molecule has 1 heterocycles. The highest BCUT2D eigenvalue weighted by Gasteiger charge is 2.40. The van der Waals surface area contributed by atoms with Crippen LogP contribution in [0.25, 0.3) is 0 Å². The molecule has 0 bridgehead atoms. The number of nitrogen functional groups attached to an aromatic ring is 1. The lowest BCUT2D eigenvalue weighted by atomic mass is 10.0. The Kier molecular flexibility index (Phi) is 3.22. The van der Waals surface area contributed by atoms with Gasteiger partial charge in [0.1, 0.15) is 17.5 Å². The van der Waals surface area contributed by atoms with E-state index in [1.165, 1.54) is 19.3 Å². The lowest BCUT2D eigenvalue weighted by Gasteiger charge is -2.16. The molecule has 0 amide bonds. The molecule has 1 fully saturated rings. The zero-order valence-electron chi connectivity index (χ0n) is 11.0. The second-order valence-corrected chi connectivity index (χ2v) is 5.06. The molecule has 0 aliphatic heterocycles. The second-order valence-electron chi connectivity index (χ2n) is 5.06. The molecule has 0 atom stereocenters. The first kappa shape index (κ1) is 12.1. The maximum Gasteiger partial charge on any atom is 0.134 e. The third-order valence-electron chi connectivity index (χ3n) is 3.88. The zero-order chi connectivity index (χ0) is 12.5. The van der Waals surface area contributed by atoms with E-state index in [0.717, 1.165) is 30.2 Å². The van der Waals surface area contributed by atoms with Crippen molar-refractivity contribution in [3.05, 3.63) is 11.4 Å². The number of nitrogens with two attached hydrogens (primary N) is 1. The van der Waals surface area contributed by atoms with E-state index in [-0.39, 0.29) is 0 Å². The van der Waals surface area contributed by atoms with E-state index >= 15 is 0 Å². The predicted octanol–water partition coefficient (Wildman–Crippen LogP) is 2.53. The molecular formula is C13H22N4. The van der Waals surface area contributed by atoms with E-state index in [0.29, 0.717) is 11.2 Å². The molecule has 2 rings (SSSR count). The van der Waals surface area contributed by atoms with E-state index in [9.17, 15) is 0 Å². The Morgan fingerprint density at radius 2 is 2.00 bits per heavy atom. The molecule has 94 valence electrons. The number of nitrogens with one attached hydrogen (secondary N) is 1. The van der Waals surface area contributed by atoms with Crippen molar-refractivity contribution in [3.63, 3.8) is 0 Å². The fraction of sp³-hybridized carbons (Fsp3) is 0.692. The highest BCUT2D eigenvalue weighted by molar-refractivity contribution is 5.54. The monoisotopic (exact) mass is 234 g/mol. The van der Waals surface area contributed by atoms with Gasteiger partial charge in [0, 0.05) is 18.5 Å². The third kappa shape index (κ3) is 2.51. The highest BCUT2D eigenvalue weighted by Crippen LogP contribution is 2.48. The number of nitrogens with zero attached hydrogens (tertiary/aromatic N) is 2. The molecule has 1 aromatic rings. The molecule has 0 saturated heterocycles. The quantitative estimate of drug-likeness (QED) is 0.821. The summed E-state index contributed by atoms with van der Waals surface area (Å²) in [6.07, 6.45) is 4.71. The Bertz CT molecular complexity index is 410. The number of hydrogen-bond donors (Lipinski definition) is 2. The van der Waals surface area contributed by atoms with Crippen LogP contribution in [0.5, 0.6) is 0 Å². The van der Waals surface area contributed by atoms with Crippen molar-refractivity contribution in [1.82, 2.24) is 9.97 Å². The van der Waals surface area contributed by atoms with Gasteiger partial charge in [-0.3, -0.25) is 0 Å². The van der Waals surface area contributed by atoms with Crippen molar-refractivity contribution >= 4 is 11.6 Å². The van der Waals surface area contributed by atoms with E-state index in [1.807, 2.05) is 13.8 Å². The largest absolute Gasteiger partial charge is 0.383 e. The summed E-state index contributed by atoms with van der Waals surface area (Å²) in [4.78, 5) is 8.77. The molecular weight excluding hydrogens is 212 g/mol. The molecule has 1 aliphatic carbocycles. The number of rotatable bonds is 5. The van der Waals surface area contributed by atoms with E-state index in [1.54, 1.807) is 0 Å². The minimum absolute atomic E-state index is 0.512. The van der Waals surface area contributed by atoms with Crippen LogP contribution in [0.3, 0.4) is 0 Å². The Hall–Kier alpha value is -1.32. The first-order valence-electron chi connectivity index (χ1n) is 6.47. The first-order chi connectivity index (χ1) is 8.10. The van der Waals surface area contributed by atoms with Gasteiger partial charge < -0.3 is 11.1 Å². The van der Waals surface area contributed by atoms with Gasteiger partial charge in [-0.2, -0.15) is 0 Å². The van der Waals surface area contributed by atoms with Crippen LogP contribution in [-0.2, 0) is 6.42 Å². The van der Waals surface area contributed by atoms with Crippen molar-refractivity contribution < 1.29 is 0 Å². The summed E-state index contributed by atoms with van der Waals surface area (Å²) in [5.41, 5.74) is 7.37. The van der Waals surface area contributed by atoms with Crippen molar-refractivity contribution in [2.45, 2.75) is 46.5 Å². The van der Waals surface area contributed by atoms with E-state index in [4.69, 9.17) is 5.73 Å². The Balaban J connectivity index is 2.11. The van der Waals surface area contributed by atoms with Crippen LogP contribution in [0.1, 0.15) is 44.5 Å². The summed E-state index contributed by atoms with van der Waals surface area (Å²) in [6.45, 7) is 7.28. The van der Waals surface area contributed by atoms with Crippen molar-refractivity contribution in [1.29, 1.82) is 0 Å². The molecule has 1 aromatic heterocycles. The summed E-state index contributed by atoms with van der Waals surface area (Å²) < 4.78 is 0. The number of aryl methyl sites for hydroxylation is 1. The molecule has 0 radical (unpaired) electrons. The van der Waals surface area contributed by atoms with Crippen LogP contribution in [0, 0.1) is 12.3 Å². The van der Waals surface area contributed by atoms with Crippen LogP contribution >= 0.6 is 0 Å². The van der Waals surface area contributed by atoms with Gasteiger partial charge in [0.05, 0.1) is 0 Å². The number of hydrogen-bond acceptors (Lipinski definition) is 4. The van der Waals surface area contributed by atoms with Gasteiger partial charge in [0.15, 0.2) is 0 Å². The smallest absolute Gasteiger partial charge is 0.134 e. The van der Waals surface area contributed by atoms with Gasteiger partial charge in [0.2, 0.25) is 0 Å². The van der Waals surface area contributed by atoms with Crippen LogP contribution in [0.15, 0.2) is 0 Å². The van der Waals surface area contributed by atoms with Gasteiger partial charge in [0.25, 0.3) is 0 Å². The summed E-state index contributed by atoms with van der Waals surface area (Å²) >= 11 is 0. The standard InChI is InChI=1S/C13H22N4/c1-4-10-16-11(14)9(3)12(17-10)15-8-13(5-2)6-7-13/h4-8H2,1-3H3,(H3,14,15,16,17). The van der Waals surface area contributed by atoms with Crippen LogP contribution in [0.2, 0.25) is 0 Å². The van der Waals surface area contributed by atoms with E-state index in [2.05, 4.69) is 22.2 Å². The van der Waals surface area contributed by atoms with Gasteiger partial charge in [-0.15, -0.1) is 0 Å². The summed E-state index contributed by atoms with van der Waals surface area (Å²) in [5.74, 6) is 2.33. The van der Waals surface area contributed by atoms with Crippen molar-refractivity contribution in [2.24, 2.45) is 5.41 Å². The lowest BCUT2D eigenvalue weighted by Crippen LogP contribution is -2.17. The molecule has 0 unspecified atom stereocenters. The molecule has 4 heteroatoms. The molecule has 17 heavy (non-hydrogen) atoms. The minimum Gasteiger partial charge on any atom is -0.383 e. The zero-order valence-corrected chi connectivity index (χ0v) is 11.0. The van der Waals surface area contributed by atoms with Gasteiger partial charge in [-0.25, -0.2) is 9.97 Å². The normalized spacial score (nSPS) is 16.9. The third-order valence-corrected chi connectivity index (χ3v) is 3.88. The summed E-state index contributed by atoms with van der Waals surface area (Å²) in [7, 11) is 0. The SMILES string of the molecule is CCc1nc(N)c(C)c(NCC2(CC)CC2)n1.